The van der Waals surface area contributed by atoms with Crippen molar-refractivity contribution in [1.29, 1.82) is 0 Å². The molecule has 0 atom stereocenters. The van der Waals surface area contributed by atoms with E-state index in [0.717, 1.165) is 36.3 Å². The molecule has 0 aliphatic rings. The fourth-order valence-electron chi connectivity index (χ4n) is 1.47. The lowest BCUT2D eigenvalue weighted by molar-refractivity contribution is 0.412. The first-order valence-electron chi connectivity index (χ1n) is 5.62. The van der Waals surface area contributed by atoms with Crippen LogP contribution in [0.15, 0.2) is 10.8 Å². The van der Waals surface area contributed by atoms with E-state index in [0.29, 0.717) is 5.15 Å². The molecule has 0 fully saturated rings. The van der Waals surface area contributed by atoms with Gasteiger partial charge in [-0.15, -0.1) is 0 Å². The summed E-state index contributed by atoms with van der Waals surface area (Å²) >= 11 is 9.43. The van der Waals surface area contributed by atoms with Crippen molar-refractivity contribution < 1.29 is 0 Å². The second-order valence-electron chi connectivity index (χ2n) is 4.09. The van der Waals surface area contributed by atoms with Crippen molar-refractivity contribution in [3.63, 3.8) is 0 Å². The van der Waals surface area contributed by atoms with Crippen LogP contribution in [0.1, 0.15) is 13.3 Å². The van der Waals surface area contributed by atoms with Crippen molar-refractivity contribution in [1.82, 2.24) is 14.9 Å². The summed E-state index contributed by atoms with van der Waals surface area (Å²) in [7, 11) is 4.12. The summed E-state index contributed by atoms with van der Waals surface area (Å²) < 4.78 is 0.772. The van der Waals surface area contributed by atoms with Crippen molar-refractivity contribution >= 4 is 33.3 Å². The van der Waals surface area contributed by atoms with Crippen LogP contribution in [0.2, 0.25) is 5.15 Å². The molecule has 1 aromatic rings. The van der Waals surface area contributed by atoms with E-state index in [-0.39, 0.29) is 0 Å². The molecule has 4 nitrogen and oxygen atoms in total. The minimum Gasteiger partial charge on any atom is -0.354 e. The van der Waals surface area contributed by atoms with Crippen LogP contribution in [0.5, 0.6) is 0 Å². The van der Waals surface area contributed by atoms with Crippen LogP contribution in [0.4, 0.5) is 5.82 Å². The lowest BCUT2D eigenvalue weighted by Crippen LogP contribution is -2.33. The van der Waals surface area contributed by atoms with Gasteiger partial charge < -0.3 is 9.80 Å². The van der Waals surface area contributed by atoms with Gasteiger partial charge >= 0.3 is 0 Å². The van der Waals surface area contributed by atoms with Crippen molar-refractivity contribution in [3.05, 3.63) is 16.0 Å². The van der Waals surface area contributed by atoms with E-state index < -0.39 is 0 Å². The molecule has 1 aromatic heterocycles. The van der Waals surface area contributed by atoms with Gasteiger partial charge in [0.25, 0.3) is 0 Å². The van der Waals surface area contributed by atoms with Crippen molar-refractivity contribution in [2.45, 2.75) is 13.3 Å². The van der Waals surface area contributed by atoms with E-state index >= 15 is 0 Å². The van der Waals surface area contributed by atoms with Gasteiger partial charge in [0.05, 0.1) is 4.47 Å². The molecule has 0 aliphatic carbocycles. The largest absolute Gasteiger partial charge is 0.354 e. The Labute approximate surface area is 116 Å². The maximum Gasteiger partial charge on any atom is 0.148 e. The highest BCUT2D eigenvalue weighted by molar-refractivity contribution is 9.10. The zero-order chi connectivity index (χ0) is 12.8. The van der Waals surface area contributed by atoms with Gasteiger partial charge in [0.15, 0.2) is 0 Å². The van der Waals surface area contributed by atoms with Crippen molar-refractivity contribution in [2.24, 2.45) is 0 Å². The van der Waals surface area contributed by atoms with Gasteiger partial charge in [-0.2, -0.15) is 0 Å². The quantitative estimate of drug-likeness (QED) is 0.754. The average molecular weight is 322 g/mol. The minimum absolute atomic E-state index is 0.459. The fraction of sp³-hybridized carbons (Fsp3) is 0.636. The molecule has 0 unspecified atom stereocenters. The molecule has 0 spiro atoms. The summed E-state index contributed by atoms with van der Waals surface area (Å²) in [5.74, 6) is 0.869. The lowest BCUT2D eigenvalue weighted by Gasteiger charge is -2.25. The molecule has 0 aliphatic heterocycles. The van der Waals surface area contributed by atoms with Gasteiger partial charge in [-0.05, 0) is 36.4 Å². The van der Waals surface area contributed by atoms with Crippen molar-refractivity contribution in [2.75, 3.05) is 38.6 Å². The Kier molecular flexibility index (Phi) is 6.16. The molecule has 6 heteroatoms. The smallest absolute Gasteiger partial charge is 0.148 e. The van der Waals surface area contributed by atoms with Crippen LogP contribution in [-0.2, 0) is 0 Å². The number of aromatic nitrogens is 2. The van der Waals surface area contributed by atoms with E-state index in [2.05, 4.69) is 56.7 Å². The highest BCUT2D eigenvalue weighted by Gasteiger charge is 2.13. The van der Waals surface area contributed by atoms with Gasteiger partial charge in [0.1, 0.15) is 17.3 Å². The average Bonchev–Trinajstić information content (AvgIpc) is 2.28. The Morgan fingerprint density at radius 1 is 1.24 bits per heavy atom. The van der Waals surface area contributed by atoms with Crippen LogP contribution >= 0.6 is 27.5 Å². The summed E-state index contributed by atoms with van der Waals surface area (Å²) in [6, 6.07) is 0. The monoisotopic (exact) mass is 320 g/mol. The molecule has 0 bridgehead atoms. The first kappa shape index (κ1) is 14.7. The Hall–Kier alpha value is -0.390. The molecule has 17 heavy (non-hydrogen) atoms. The van der Waals surface area contributed by atoms with E-state index in [1.54, 1.807) is 0 Å². The molecule has 1 heterocycles. The third-order valence-electron chi connectivity index (χ3n) is 2.34. The summed E-state index contributed by atoms with van der Waals surface area (Å²) in [6.45, 7) is 5.01. The van der Waals surface area contributed by atoms with Crippen LogP contribution in [0.3, 0.4) is 0 Å². The van der Waals surface area contributed by atoms with Gasteiger partial charge in [0, 0.05) is 19.6 Å². The summed E-state index contributed by atoms with van der Waals surface area (Å²) in [6.07, 6.45) is 2.57. The SMILES string of the molecule is CCCN(CCN(C)C)c1ncnc(Cl)c1Br. The van der Waals surface area contributed by atoms with E-state index in [1.165, 1.54) is 6.33 Å². The number of halogens is 2. The van der Waals surface area contributed by atoms with Gasteiger partial charge in [0.2, 0.25) is 0 Å². The van der Waals surface area contributed by atoms with E-state index in [9.17, 15) is 0 Å². The third-order valence-corrected chi connectivity index (χ3v) is 3.58. The predicted molar refractivity (Wildman–Crippen MR) is 75.8 cm³/mol. The molecular formula is C11H18BrClN4. The number of hydrogen-bond acceptors (Lipinski definition) is 4. The summed E-state index contributed by atoms with van der Waals surface area (Å²) in [5, 5.41) is 0.459. The summed E-state index contributed by atoms with van der Waals surface area (Å²) in [4.78, 5) is 12.6. The number of hydrogen-bond donors (Lipinski definition) is 0. The molecule has 0 aromatic carbocycles. The highest BCUT2D eigenvalue weighted by Crippen LogP contribution is 2.28. The maximum atomic E-state index is 5.99. The number of nitrogens with zero attached hydrogens (tertiary/aromatic N) is 4. The Balaban J connectivity index is 2.85. The van der Waals surface area contributed by atoms with Gasteiger partial charge in [-0.1, -0.05) is 18.5 Å². The first-order chi connectivity index (χ1) is 8.06. The van der Waals surface area contributed by atoms with Crippen LogP contribution < -0.4 is 4.90 Å². The lowest BCUT2D eigenvalue weighted by atomic mass is 10.3. The fourth-order valence-corrected chi connectivity index (χ4v) is 2.06. The first-order valence-corrected chi connectivity index (χ1v) is 6.79. The Morgan fingerprint density at radius 2 is 1.94 bits per heavy atom. The number of rotatable bonds is 6. The summed E-state index contributed by atoms with van der Waals surface area (Å²) in [5.41, 5.74) is 0. The Bertz CT molecular complexity index is 359. The second-order valence-corrected chi connectivity index (χ2v) is 5.24. The zero-order valence-electron chi connectivity index (χ0n) is 10.5. The minimum atomic E-state index is 0.459. The predicted octanol–water partition coefficient (Wildman–Crippen LogP) is 2.67. The number of likely N-dealkylation sites (N-methyl/N-ethyl adjacent to an activating group) is 1. The second kappa shape index (κ2) is 7.13. The molecule has 0 saturated heterocycles. The molecule has 0 radical (unpaired) electrons. The maximum absolute atomic E-state index is 5.99. The highest BCUT2D eigenvalue weighted by atomic mass is 79.9. The standard InChI is InChI=1S/C11H18BrClN4/c1-4-5-17(7-6-16(2)3)11-9(12)10(13)14-8-15-11/h8H,4-7H2,1-3H3. The van der Waals surface area contributed by atoms with Crippen LogP contribution in [-0.4, -0.2) is 48.6 Å². The van der Waals surface area contributed by atoms with Crippen molar-refractivity contribution in [3.8, 4) is 0 Å². The van der Waals surface area contributed by atoms with Crippen LogP contribution in [0, 0.1) is 0 Å². The molecule has 1 rings (SSSR count). The zero-order valence-corrected chi connectivity index (χ0v) is 12.8. The Morgan fingerprint density at radius 3 is 2.53 bits per heavy atom. The molecule has 0 amide bonds. The number of anilines is 1. The van der Waals surface area contributed by atoms with E-state index in [4.69, 9.17) is 11.6 Å². The molecular weight excluding hydrogens is 304 g/mol. The van der Waals surface area contributed by atoms with Gasteiger partial charge in [-0.25, -0.2) is 9.97 Å². The topological polar surface area (TPSA) is 32.3 Å². The molecule has 96 valence electrons. The normalized spacial score (nSPS) is 10.9. The third kappa shape index (κ3) is 4.41. The van der Waals surface area contributed by atoms with Gasteiger partial charge in [-0.3, -0.25) is 0 Å². The molecule has 0 N–H and O–H groups in total. The van der Waals surface area contributed by atoms with E-state index in [1.807, 2.05) is 0 Å². The van der Waals surface area contributed by atoms with Crippen LogP contribution in [0.25, 0.3) is 0 Å². The molecule has 0 saturated carbocycles.